The lowest BCUT2D eigenvalue weighted by Crippen LogP contribution is -2.53. The number of carbonyl (C=O) groups excluding carboxylic acids is 2. The number of rotatable bonds is 4. The Morgan fingerprint density at radius 1 is 1.06 bits per heavy atom. The number of anilines is 2. The Morgan fingerprint density at radius 2 is 1.83 bits per heavy atom. The van der Waals surface area contributed by atoms with Crippen molar-refractivity contribution in [3.05, 3.63) is 41.6 Å². The van der Waals surface area contributed by atoms with Crippen LogP contribution in [0.1, 0.15) is 43.7 Å². The minimum atomic E-state index is -0.200. The Bertz CT molecular complexity index is 1070. The molecule has 3 saturated heterocycles. The van der Waals surface area contributed by atoms with Crippen molar-refractivity contribution in [2.45, 2.75) is 51.6 Å². The van der Waals surface area contributed by atoms with E-state index in [-0.39, 0.29) is 17.5 Å². The van der Waals surface area contributed by atoms with E-state index in [0.717, 1.165) is 65.3 Å². The van der Waals surface area contributed by atoms with E-state index in [0.29, 0.717) is 5.82 Å². The first-order chi connectivity index (χ1) is 16.9. The fourth-order valence-electron chi connectivity index (χ4n) is 5.86. The minimum Gasteiger partial charge on any atom is -0.378 e. The minimum absolute atomic E-state index is 0.130. The van der Waals surface area contributed by atoms with Crippen LogP contribution in [0.25, 0.3) is 0 Å². The molecular formula is C26H36N6O3. The Balaban J connectivity index is 1.26. The maximum atomic E-state index is 13.0. The van der Waals surface area contributed by atoms with Gasteiger partial charge in [0.15, 0.2) is 5.82 Å². The number of hydrogen-bond donors (Lipinski definition) is 1. The van der Waals surface area contributed by atoms with Crippen LogP contribution >= 0.6 is 0 Å². The fourth-order valence-corrected chi connectivity index (χ4v) is 5.86. The van der Waals surface area contributed by atoms with Crippen molar-refractivity contribution < 1.29 is 14.3 Å². The van der Waals surface area contributed by atoms with Gasteiger partial charge in [-0.25, -0.2) is 4.79 Å². The third-order valence-electron chi connectivity index (χ3n) is 7.75. The standard InChI is InChI=1S/C26H36N6O3/c1-20-4-5-22(23(18-20)29-14-16-35-17-15-29)19-31-10-3-7-26(31)8-12-30(13-9-26)25(34)32-11-6-24(28-32)27-21(2)33/h4-6,11,18H,3,7-10,12-17,19H2,1-2H3,(H,27,28,33). The Kier molecular flexibility index (Phi) is 6.80. The van der Waals surface area contributed by atoms with Crippen LogP contribution in [0, 0.1) is 6.92 Å². The van der Waals surface area contributed by atoms with Gasteiger partial charge in [0.05, 0.1) is 13.2 Å². The average molecular weight is 481 g/mol. The molecule has 0 unspecified atom stereocenters. The van der Waals surface area contributed by atoms with Crippen LogP contribution in [0.5, 0.6) is 0 Å². The van der Waals surface area contributed by atoms with Gasteiger partial charge in [-0.3, -0.25) is 9.69 Å². The van der Waals surface area contributed by atoms with E-state index in [9.17, 15) is 9.59 Å². The van der Waals surface area contributed by atoms with E-state index in [1.54, 1.807) is 12.3 Å². The first kappa shape index (κ1) is 23.8. The van der Waals surface area contributed by atoms with Crippen molar-refractivity contribution in [2.24, 2.45) is 0 Å². The summed E-state index contributed by atoms with van der Waals surface area (Å²) in [5, 5.41) is 6.84. The molecule has 5 rings (SSSR count). The number of morpholine rings is 1. The molecular weight excluding hydrogens is 444 g/mol. The van der Waals surface area contributed by atoms with Gasteiger partial charge in [0.1, 0.15) is 0 Å². The lowest BCUT2D eigenvalue weighted by atomic mass is 9.84. The summed E-state index contributed by atoms with van der Waals surface area (Å²) >= 11 is 0. The summed E-state index contributed by atoms with van der Waals surface area (Å²) in [7, 11) is 0. The second kappa shape index (κ2) is 9.99. The van der Waals surface area contributed by atoms with Gasteiger partial charge in [0.25, 0.3) is 0 Å². The number of amides is 2. The molecule has 1 N–H and O–H groups in total. The van der Waals surface area contributed by atoms with E-state index in [4.69, 9.17) is 4.74 Å². The second-order valence-electron chi connectivity index (χ2n) is 10.1. The molecule has 0 saturated carbocycles. The van der Waals surface area contributed by atoms with Crippen LogP contribution in [0.4, 0.5) is 16.3 Å². The molecule has 35 heavy (non-hydrogen) atoms. The van der Waals surface area contributed by atoms with Crippen molar-refractivity contribution in [1.82, 2.24) is 19.6 Å². The summed E-state index contributed by atoms with van der Waals surface area (Å²) in [6.45, 7) is 10.5. The van der Waals surface area contributed by atoms with E-state index in [1.807, 2.05) is 4.90 Å². The van der Waals surface area contributed by atoms with Gasteiger partial charge in [-0.1, -0.05) is 12.1 Å². The quantitative estimate of drug-likeness (QED) is 0.724. The van der Waals surface area contributed by atoms with Gasteiger partial charge in [0, 0.05) is 63.1 Å². The molecule has 2 amide bonds. The number of nitrogens with one attached hydrogen (secondary N) is 1. The summed E-state index contributed by atoms with van der Waals surface area (Å²) < 4.78 is 6.92. The summed E-state index contributed by atoms with van der Waals surface area (Å²) in [6, 6.07) is 8.37. The van der Waals surface area contributed by atoms with Gasteiger partial charge in [0.2, 0.25) is 5.91 Å². The predicted octanol–water partition coefficient (Wildman–Crippen LogP) is 3.09. The summed E-state index contributed by atoms with van der Waals surface area (Å²) in [5.74, 6) is 0.199. The predicted molar refractivity (Wildman–Crippen MR) is 135 cm³/mol. The summed E-state index contributed by atoms with van der Waals surface area (Å²) in [4.78, 5) is 31.3. The van der Waals surface area contributed by atoms with Gasteiger partial charge < -0.3 is 19.9 Å². The Hall–Kier alpha value is -2.91. The van der Waals surface area contributed by atoms with Crippen LogP contribution in [-0.4, -0.2) is 83.0 Å². The zero-order valence-electron chi connectivity index (χ0n) is 20.8. The largest absolute Gasteiger partial charge is 0.378 e. The third-order valence-corrected chi connectivity index (χ3v) is 7.75. The van der Waals surface area contributed by atoms with Crippen LogP contribution in [0.3, 0.4) is 0 Å². The zero-order chi connectivity index (χ0) is 24.4. The number of carbonyl (C=O) groups is 2. The molecule has 4 heterocycles. The number of hydrogen-bond acceptors (Lipinski definition) is 6. The molecule has 0 radical (unpaired) electrons. The van der Waals surface area contributed by atoms with Crippen LogP contribution in [0.15, 0.2) is 30.5 Å². The van der Waals surface area contributed by atoms with E-state index >= 15 is 0 Å². The second-order valence-corrected chi connectivity index (χ2v) is 10.1. The normalized spacial score (nSPS) is 20.4. The molecule has 0 bridgehead atoms. The molecule has 2 aromatic rings. The highest BCUT2D eigenvalue weighted by Crippen LogP contribution is 2.40. The summed E-state index contributed by atoms with van der Waals surface area (Å²) in [6.07, 6.45) is 5.94. The summed E-state index contributed by atoms with van der Waals surface area (Å²) in [5.41, 5.74) is 4.17. The maximum Gasteiger partial charge on any atom is 0.344 e. The number of piperidine rings is 1. The topological polar surface area (TPSA) is 82.9 Å². The highest BCUT2D eigenvalue weighted by Gasteiger charge is 2.44. The Labute approximate surface area is 207 Å². The van der Waals surface area contributed by atoms with E-state index < -0.39 is 0 Å². The Morgan fingerprint density at radius 3 is 2.57 bits per heavy atom. The monoisotopic (exact) mass is 480 g/mol. The molecule has 3 fully saturated rings. The van der Waals surface area contributed by atoms with Crippen molar-refractivity contribution in [3.8, 4) is 0 Å². The zero-order valence-corrected chi connectivity index (χ0v) is 20.8. The molecule has 1 aromatic carbocycles. The lowest BCUT2D eigenvalue weighted by molar-refractivity contribution is -0.114. The van der Waals surface area contributed by atoms with Crippen LogP contribution in [-0.2, 0) is 16.1 Å². The van der Waals surface area contributed by atoms with Gasteiger partial charge in [-0.2, -0.15) is 4.68 Å². The molecule has 0 aliphatic carbocycles. The number of likely N-dealkylation sites (tertiary alicyclic amines) is 2. The molecule has 0 atom stereocenters. The highest BCUT2D eigenvalue weighted by atomic mass is 16.5. The molecule has 1 aromatic heterocycles. The van der Waals surface area contributed by atoms with Crippen molar-refractivity contribution >= 4 is 23.4 Å². The number of aryl methyl sites for hydroxylation is 1. The van der Waals surface area contributed by atoms with Crippen LogP contribution < -0.4 is 10.2 Å². The smallest absolute Gasteiger partial charge is 0.344 e. The van der Waals surface area contributed by atoms with Crippen molar-refractivity contribution in [2.75, 3.05) is 56.2 Å². The molecule has 9 heteroatoms. The van der Waals surface area contributed by atoms with Crippen molar-refractivity contribution in [1.29, 1.82) is 0 Å². The van der Waals surface area contributed by atoms with E-state index in [1.165, 1.54) is 41.3 Å². The van der Waals surface area contributed by atoms with Gasteiger partial charge in [-0.15, -0.1) is 5.10 Å². The number of benzene rings is 1. The number of nitrogens with zero attached hydrogens (tertiary/aromatic N) is 5. The first-order valence-corrected chi connectivity index (χ1v) is 12.7. The van der Waals surface area contributed by atoms with Crippen molar-refractivity contribution in [3.63, 3.8) is 0 Å². The van der Waals surface area contributed by atoms with Crippen LogP contribution in [0.2, 0.25) is 0 Å². The molecule has 9 nitrogen and oxygen atoms in total. The molecule has 188 valence electrons. The van der Waals surface area contributed by atoms with Gasteiger partial charge in [-0.05, 0) is 56.3 Å². The third kappa shape index (κ3) is 5.06. The number of aromatic nitrogens is 2. The maximum absolute atomic E-state index is 13.0. The average Bonchev–Trinajstić information content (AvgIpc) is 3.47. The molecule has 1 spiro atoms. The van der Waals surface area contributed by atoms with Gasteiger partial charge >= 0.3 is 6.03 Å². The fraction of sp³-hybridized carbons (Fsp3) is 0.577. The highest BCUT2D eigenvalue weighted by molar-refractivity contribution is 5.88. The molecule has 3 aliphatic heterocycles. The first-order valence-electron chi connectivity index (χ1n) is 12.7. The number of ether oxygens (including phenoxy) is 1. The lowest BCUT2D eigenvalue weighted by Gasteiger charge is -2.45. The SMILES string of the molecule is CC(=O)Nc1ccn(C(=O)N2CCC3(CCCN3Cc3ccc(C)cc3N3CCOCC3)CC2)n1. The molecule has 3 aliphatic rings. The van der Waals surface area contributed by atoms with E-state index in [2.05, 4.69) is 45.3 Å².